The molecule has 1 fully saturated rings. The molecule has 0 aliphatic heterocycles. The molecule has 1 N–H and O–H groups in total. The molecule has 0 unspecified atom stereocenters. The van der Waals surface area contributed by atoms with Crippen LogP contribution in [0, 0.1) is 5.92 Å². The molecule has 1 aromatic rings. The normalized spacial score (nSPS) is 14.1. The highest BCUT2D eigenvalue weighted by atomic mass is 16.5. The summed E-state index contributed by atoms with van der Waals surface area (Å²) in [5.74, 6) is 0.621. The zero-order chi connectivity index (χ0) is 16.7. The second-order valence-corrected chi connectivity index (χ2v) is 6.67. The maximum absolute atomic E-state index is 12.5. The second kappa shape index (κ2) is 8.92. The molecular formula is C19H30N2O2. The minimum absolute atomic E-state index is 0.0689. The van der Waals surface area contributed by atoms with Crippen molar-refractivity contribution in [2.24, 2.45) is 5.92 Å². The van der Waals surface area contributed by atoms with Crippen LogP contribution in [0.15, 0.2) is 24.3 Å². The number of carbonyl (C=O) groups excluding carboxylic acids is 1. The standard InChI is InChI=1S/C19H30N2O2/c1-4-23-14-17-8-6-5-7-16(17)13-20-19(22)21(18-9-10-18)12-11-15(2)3/h5-8,15,18H,4,9-14H2,1-3H3,(H,20,22). The van der Waals surface area contributed by atoms with Crippen molar-refractivity contribution in [3.63, 3.8) is 0 Å². The Kier molecular flexibility index (Phi) is 6.90. The van der Waals surface area contributed by atoms with Crippen LogP contribution in [-0.2, 0) is 17.9 Å². The predicted molar refractivity (Wildman–Crippen MR) is 93.2 cm³/mol. The molecular weight excluding hydrogens is 288 g/mol. The lowest BCUT2D eigenvalue weighted by molar-refractivity contribution is 0.133. The van der Waals surface area contributed by atoms with E-state index >= 15 is 0 Å². The predicted octanol–water partition coefficient (Wildman–Crippen LogP) is 3.94. The molecule has 0 radical (unpaired) electrons. The number of hydrogen-bond acceptors (Lipinski definition) is 2. The summed E-state index contributed by atoms with van der Waals surface area (Å²) in [6.07, 6.45) is 3.35. The average Bonchev–Trinajstić information content (AvgIpc) is 3.36. The maximum atomic E-state index is 12.5. The summed E-state index contributed by atoms with van der Waals surface area (Å²) < 4.78 is 5.50. The van der Waals surface area contributed by atoms with Gasteiger partial charge in [0.1, 0.15) is 0 Å². The fourth-order valence-corrected chi connectivity index (χ4v) is 2.59. The van der Waals surface area contributed by atoms with Gasteiger partial charge >= 0.3 is 6.03 Å². The molecule has 0 bridgehead atoms. The van der Waals surface area contributed by atoms with Crippen molar-refractivity contribution in [2.75, 3.05) is 13.2 Å². The van der Waals surface area contributed by atoms with Gasteiger partial charge in [0.25, 0.3) is 0 Å². The molecule has 4 nitrogen and oxygen atoms in total. The van der Waals surface area contributed by atoms with Crippen molar-refractivity contribution in [1.82, 2.24) is 10.2 Å². The van der Waals surface area contributed by atoms with Gasteiger partial charge in [-0.15, -0.1) is 0 Å². The second-order valence-electron chi connectivity index (χ2n) is 6.67. The Morgan fingerprint density at radius 2 is 2.00 bits per heavy atom. The highest BCUT2D eigenvalue weighted by molar-refractivity contribution is 5.75. The minimum Gasteiger partial charge on any atom is -0.377 e. The van der Waals surface area contributed by atoms with Crippen molar-refractivity contribution in [1.29, 1.82) is 0 Å². The zero-order valence-corrected chi connectivity index (χ0v) is 14.7. The number of urea groups is 1. The van der Waals surface area contributed by atoms with E-state index in [1.54, 1.807) is 0 Å². The van der Waals surface area contributed by atoms with Crippen molar-refractivity contribution >= 4 is 6.03 Å². The number of nitrogens with zero attached hydrogens (tertiary/aromatic N) is 1. The fraction of sp³-hybridized carbons (Fsp3) is 0.632. The molecule has 0 heterocycles. The van der Waals surface area contributed by atoms with Gasteiger partial charge in [0.2, 0.25) is 0 Å². The van der Waals surface area contributed by atoms with Crippen LogP contribution in [0.3, 0.4) is 0 Å². The smallest absolute Gasteiger partial charge is 0.317 e. The van der Waals surface area contributed by atoms with E-state index in [-0.39, 0.29) is 6.03 Å². The van der Waals surface area contributed by atoms with Crippen LogP contribution in [0.5, 0.6) is 0 Å². The van der Waals surface area contributed by atoms with Crippen LogP contribution >= 0.6 is 0 Å². The molecule has 0 aromatic heterocycles. The Morgan fingerprint density at radius 1 is 1.30 bits per heavy atom. The quantitative estimate of drug-likeness (QED) is 0.749. The molecule has 0 atom stereocenters. The first kappa shape index (κ1) is 17.8. The van der Waals surface area contributed by atoms with E-state index in [2.05, 4.69) is 31.3 Å². The summed E-state index contributed by atoms with van der Waals surface area (Å²) in [5, 5.41) is 3.09. The maximum Gasteiger partial charge on any atom is 0.317 e. The Balaban J connectivity index is 1.89. The van der Waals surface area contributed by atoms with Gasteiger partial charge in [-0.2, -0.15) is 0 Å². The van der Waals surface area contributed by atoms with Gasteiger partial charge in [0, 0.05) is 25.7 Å². The minimum atomic E-state index is 0.0689. The van der Waals surface area contributed by atoms with Crippen molar-refractivity contribution in [3.05, 3.63) is 35.4 Å². The molecule has 2 rings (SSSR count). The van der Waals surface area contributed by atoms with Gasteiger partial charge in [0.15, 0.2) is 0 Å². The summed E-state index contributed by atoms with van der Waals surface area (Å²) >= 11 is 0. The lowest BCUT2D eigenvalue weighted by Gasteiger charge is -2.24. The van der Waals surface area contributed by atoms with E-state index in [0.29, 0.717) is 31.7 Å². The monoisotopic (exact) mass is 318 g/mol. The molecule has 0 saturated heterocycles. The molecule has 128 valence electrons. The molecule has 4 heteroatoms. The highest BCUT2D eigenvalue weighted by Gasteiger charge is 2.32. The van der Waals surface area contributed by atoms with Crippen molar-refractivity contribution in [2.45, 2.75) is 59.2 Å². The highest BCUT2D eigenvalue weighted by Crippen LogP contribution is 2.27. The molecule has 0 spiro atoms. The van der Waals surface area contributed by atoms with Crippen molar-refractivity contribution in [3.8, 4) is 0 Å². The first-order valence-electron chi connectivity index (χ1n) is 8.80. The Morgan fingerprint density at radius 3 is 2.61 bits per heavy atom. The topological polar surface area (TPSA) is 41.6 Å². The van der Waals surface area contributed by atoms with Gasteiger partial charge in [-0.3, -0.25) is 0 Å². The summed E-state index contributed by atoms with van der Waals surface area (Å²) in [6, 6.07) is 8.66. The molecule has 2 amide bonds. The van der Waals surface area contributed by atoms with E-state index in [9.17, 15) is 4.79 Å². The number of ether oxygens (including phenoxy) is 1. The SMILES string of the molecule is CCOCc1ccccc1CNC(=O)N(CCC(C)C)C1CC1. The number of rotatable bonds is 9. The Labute approximate surface area is 140 Å². The number of nitrogens with one attached hydrogen (secondary N) is 1. The molecule has 1 saturated carbocycles. The van der Waals surface area contributed by atoms with Crippen LogP contribution in [0.25, 0.3) is 0 Å². The number of amides is 2. The van der Waals surface area contributed by atoms with E-state index in [4.69, 9.17) is 4.74 Å². The molecule has 1 aromatic carbocycles. The van der Waals surface area contributed by atoms with Crippen LogP contribution in [0.2, 0.25) is 0 Å². The molecule has 1 aliphatic rings. The lowest BCUT2D eigenvalue weighted by atomic mass is 10.1. The van der Waals surface area contributed by atoms with E-state index < -0.39 is 0 Å². The van der Waals surface area contributed by atoms with Crippen LogP contribution in [-0.4, -0.2) is 30.1 Å². The summed E-state index contributed by atoms with van der Waals surface area (Å²) in [7, 11) is 0. The average molecular weight is 318 g/mol. The van der Waals surface area contributed by atoms with E-state index in [0.717, 1.165) is 36.9 Å². The lowest BCUT2D eigenvalue weighted by Crippen LogP contribution is -2.42. The van der Waals surface area contributed by atoms with Crippen LogP contribution < -0.4 is 5.32 Å². The third kappa shape index (κ3) is 5.87. The first-order valence-corrected chi connectivity index (χ1v) is 8.80. The summed E-state index contributed by atoms with van der Waals surface area (Å²) in [6.45, 7) is 9.11. The van der Waals surface area contributed by atoms with E-state index in [1.165, 1.54) is 0 Å². The third-order valence-corrected chi connectivity index (χ3v) is 4.21. The zero-order valence-electron chi connectivity index (χ0n) is 14.7. The van der Waals surface area contributed by atoms with Crippen LogP contribution in [0.1, 0.15) is 51.2 Å². The molecule has 1 aliphatic carbocycles. The van der Waals surface area contributed by atoms with Gasteiger partial charge in [-0.05, 0) is 43.2 Å². The molecule has 23 heavy (non-hydrogen) atoms. The first-order chi connectivity index (χ1) is 11.1. The van der Waals surface area contributed by atoms with Crippen molar-refractivity contribution < 1.29 is 9.53 Å². The van der Waals surface area contributed by atoms with E-state index in [1.807, 2.05) is 24.0 Å². The Bertz CT molecular complexity index is 498. The van der Waals surface area contributed by atoms with Crippen LogP contribution in [0.4, 0.5) is 4.79 Å². The fourth-order valence-electron chi connectivity index (χ4n) is 2.59. The van der Waals surface area contributed by atoms with Gasteiger partial charge in [-0.1, -0.05) is 38.1 Å². The number of hydrogen-bond donors (Lipinski definition) is 1. The number of carbonyl (C=O) groups is 1. The summed E-state index contributed by atoms with van der Waals surface area (Å²) in [5.41, 5.74) is 2.28. The Hall–Kier alpha value is -1.55. The van der Waals surface area contributed by atoms with Gasteiger partial charge in [0.05, 0.1) is 6.61 Å². The largest absolute Gasteiger partial charge is 0.377 e. The third-order valence-electron chi connectivity index (χ3n) is 4.21. The van der Waals surface area contributed by atoms with Gasteiger partial charge in [-0.25, -0.2) is 4.79 Å². The number of benzene rings is 1. The summed E-state index contributed by atoms with van der Waals surface area (Å²) in [4.78, 5) is 14.5. The van der Waals surface area contributed by atoms with Gasteiger partial charge < -0.3 is 15.0 Å².